The van der Waals surface area contributed by atoms with E-state index in [-0.39, 0.29) is 0 Å². The third-order valence-corrected chi connectivity index (χ3v) is 4.37. The quantitative estimate of drug-likeness (QED) is 0.533. The van der Waals surface area contributed by atoms with Gasteiger partial charge in [0, 0.05) is 18.0 Å². The fraction of sp³-hybridized carbons (Fsp3) is 0.348. The number of hydrogen-bond donors (Lipinski definition) is 0. The van der Waals surface area contributed by atoms with Crippen molar-refractivity contribution in [2.24, 2.45) is 5.92 Å². The maximum atomic E-state index is 4.53. The highest BCUT2D eigenvalue weighted by Crippen LogP contribution is 2.26. The van der Waals surface area contributed by atoms with Crippen molar-refractivity contribution in [3.05, 3.63) is 71.5 Å². The summed E-state index contributed by atoms with van der Waals surface area (Å²) in [7, 11) is 0. The van der Waals surface area contributed by atoms with Gasteiger partial charge in [0.2, 0.25) is 0 Å². The summed E-state index contributed by atoms with van der Waals surface area (Å²) in [5.74, 6) is 1.87. The van der Waals surface area contributed by atoms with Gasteiger partial charge in [-0.2, -0.15) is 0 Å². The van der Waals surface area contributed by atoms with E-state index in [1.807, 2.05) is 30.6 Å². The molecule has 0 unspecified atom stereocenters. The first-order valence-corrected chi connectivity index (χ1v) is 9.11. The van der Waals surface area contributed by atoms with Gasteiger partial charge < -0.3 is 0 Å². The van der Waals surface area contributed by atoms with E-state index in [4.69, 9.17) is 0 Å². The average Bonchev–Trinajstić information content (AvgIpc) is 3.04. The van der Waals surface area contributed by atoms with Crippen LogP contribution >= 0.6 is 0 Å². The fourth-order valence-corrected chi connectivity index (χ4v) is 2.84. The summed E-state index contributed by atoms with van der Waals surface area (Å²) in [5.41, 5.74) is 6.21. The van der Waals surface area contributed by atoms with Gasteiger partial charge in [-0.05, 0) is 37.8 Å². The summed E-state index contributed by atoms with van der Waals surface area (Å²) in [6.07, 6.45) is 5.20. The Morgan fingerprint density at radius 2 is 1.52 bits per heavy atom. The van der Waals surface area contributed by atoms with E-state index >= 15 is 0 Å². The average molecular weight is 335 g/mol. The molecule has 2 heteroatoms. The van der Waals surface area contributed by atoms with Crippen LogP contribution in [0.1, 0.15) is 43.9 Å². The second kappa shape index (κ2) is 8.66. The molecule has 0 bridgehead atoms. The van der Waals surface area contributed by atoms with Gasteiger partial charge in [0.15, 0.2) is 0 Å². The minimum atomic E-state index is 0.884. The van der Waals surface area contributed by atoms with Crippen molar-refractivity contribution < 1.29 is 0 Å². The maximum absolute atomic E-state index is 4.53. The molecular formula is C23H30N2. The largest absolute Gasteiger partial charge is 0.299 e. The molecule has 0 radical (unpaired) electrons. The number of hydrogen-bond acceptors (Lipinski definition) is 1. The molecule has 2 aromatic carbocycles. The number of imidazole rings is 1. The Kier molecular flexibility index (Phi) is 6.58. The highest BCUT2D eigenvalue weighted by Gasteiger charge is 2.11. The first kappa shape index (κ1) is 19.0. The molecule has 0 aliphatic rings. The number of aryl methyl sites for hydroxylation is 3. The molecule has 3 rings (SSSR count). The van der Waals surface area contributed by atoms with Crippen LogP contribution in [0.2, 0.25) is 0 Å². The number of benzene rings is 2. The SMILES string of the molecule is CCC(C)C.Cc1cc(C)c(-n2ccnc2-c2ccccc2)c(C)c1. The molecule has 0 aliphatic carbocycles. The van der Waals surface area contributed by atoms with E-state index in [9.17, 15) is 0 Å². The molecule has 3 aromatic rings. The monoisotopic (exact) mass is 334 g/mol. The van der Waals surface area contributed by atoms with Gasteiger partial charge in [-0.15, -0.1) is 0 Å². The normalized spacial score (nSPS) is 10.5. The fourth-order valence-electron chi connectivity index (χ4n) is 2.84. The lowest BCUT2D eigenvalue weighted by Crippen LogP contribution is -2.02. The van der Waals surface area contributed by atoms with Crippen LogP contribution in [-0.4, -0.2) is 9.55 Å². The summed E-state index contributed by atoms with van der Waals surface area (Å²) >= 11 is 0. The Labute approximate surface area is 152 Å². The molecule has 0 amide bonds. The number of aromatic nitrogens is 2. The zero-order chi connectivity index (χ0) is 18.4. The van der Waals surface area contributed by atoms with Gasteiger partial charge in [0.05, 0.1) is 5.69 Å². The first-order valence-electron chi connectivity index (χ1n) is 9.11. The second-order valence-corrected chi connectivity index (χ2v) is 7.04. The van der Waals surface area contributed by atoms with E-state index in [1.165, 1.54) is 28.8 Å². The Bertz CT molecular complexity index is 775. The minimum absolute atomic E-state index is 0.884. The van der Waals surface area contributed by atoms with E-state index in [2.05, 4.69) is 75.4 Å². The van der Waals surface area contributed by atoms with Crippen molar-refractivity contribution in [2.75, 3.05) is 0 Å². The van der Waals surface area contributed by atoms with Crippen LogP contribution in [0.4, 0.5) is 0 Å². The van der Waals surface area contributed by atoms with Crippen molar-refractivity contribution in [3.63, 3.8) is 0 Å². The van der Waals surface area contributed by atoms with Crippen LogP contribution in [0.25, 0.3) is 17.1 Å². The van der Waals surface area contributed by atoms with E-state index in [0.717, 1.165) is 17.3 Å². The molecule has 1 heterocycles. The van der Waals surface area contributed by atoms with E-state index in [1.54, 1.807) is 0 Å². The third kappa shape index (κ3) is 4.82. The molecule has 0 saturated carbocycles. The lowest BCUT2D eigenvalue weighted by molar-refractivity contribution is 0.626. The smallest absolute Gasteiger partial charge is 0.144 e. The Morgan fingerprint density at radius 1 is 0.960 bits per heavy atom. The zero-order valence-corrected chi connectivity index (χ0v) is 16.4. The van der Waals surface area contributed by atoms with Crippen molar-refractivity contribution in [3.8, 4) is 17.1 Å². The molecule has 0 aliphatic heterocycles. The van der Waals surface area contributed by atoms with Crippen molar-refractivity contribution >= 4 is 0 Å². The Morgan fingerprint density at radius 3 is 2.04 bits per heavy atom. The first-order chi connectivity index (χ1) is 11.9. The molecule has 0 saturated heterocycles. The second-order valence-electron chi connectivity index (χ2n) is 7.04. The molecular weight excluding hydrogens is 304 g/mol. The molecule has 2 nitrogen and oxygen atoms in total. The summed E-state index contributed by atoms with van der Waals surface area (Å²) in [4.78, 5) is 4.53. The predicted octanol–water partition coefficient (Wildman–Crippen LogP) is 6.52. The minimum Gasteiger partial charge on any atom is -0.299 e. The van der Waals surface area contributed by atoms with E-state index in [0.29, 0.717) is 0 Å². The molecule has 132 valence electrons. The third-order valence-electron chi connectivity index (χ3n) is 4.37. The lowest BCUT2D eigenvalue weighted by Gasteiger charge is -2.15. The Balaban J connectivity index is 0.000000399. The maximum Gasteiger partial charge on any atom is 0.144 e. The number of rotatable bonds is 3. The van der Waals surface area contributed by atoms with Gasteiger partial charge in [-0.25, -0.2) is 4.98 Å². The highest BCUT2D eigenvalue weighted by molar-refractivity contribution is 5.61. The molecule has 0 spiro atoms. The predicted molar refractivity (Wildman–Crippen MR) is 108 cm³/mol. The highest BCUT2D eigenvalue weighted by atomic mass is 15.1. The molecule has 1 aromatic heterocycles. The van der Waals surface area contributed by atoms with Gasteiger partial charge in [0.25, 0.3) is 0 Å². The standard InChI is InChI=1S/C18H18N2.C5H12/c1-13-11-14(2)17(15(3)12-13)20-10-9-19-18(20)16-7-5-4-6-8-16;1-4-5(2)3/h4-12H,1-3H3;5H,4H2,1-3H3. The topological polar surface area (TPSA) is 17.8 Å². The summed E-state index contributed by atoms with van der Waals surface area (Å²) < 4.78 is 2.18. The lowest BCUT2D eigenvalue weighted by atomic mass is 10.0. The van der Waals surface area contributed by atoms with Crippen LogP contribution in [0, 0.1) is 26.7 Å². The molecule has 0 atom stereocenters. The van der Waals surface area contributed by atoms with Crippen LogP contribution in [0.5, 0.6) is 0 Å². The zero-order valence-electron chi connectivity index (χ0n) is 16.4. The van der Waals surface area contributed by atoms with Crippen LogP contribution in [-0.2, 0) is 0 Å². The van der Waals surface area contributed by atoms with Crippen molar-refractivity contribution in [2.45, 2.75) is 48.0 Å². The van der Waals surface area contributed by atoms with Gasteiger partial charge >= 0.3 is 0 Å². The van der Waals surface area contributed by atoms with Crippen LogP contribution in [0.15, 0.2) is 54.9 Å². The molecule has 0 fully saturated rings. The summed E-state index contributed by atoms with van der Waals surface area (Å²) in [6.45, 7) is 13.1. The van der Waals surface area contributed by atoms with Gasteiger partial charge in [0.1, 0.15) is 5.82 Å². The number of nitrogens with zero attached hydrogens (tertiary/aromatic N) is 2. The Hall–Kier alpha value is -2.35. The van der Waals surface area contributed by atoms with Crippen LogP contribution in [0.3, 0.4) is 0 Å². The van der Waals surface area contributed by atoms with Gasteiger partial charge in [-0.3, -0.25) is 4.57 Å². The van der Waals surface area contributed by atoms with Gasteiger partial charge in [-0.1, -0.05) is 75.2 Å². The molecule has 0 N–H and O–H groups in total. The van der Waals surface area contributed by atoms with Crippen molar-refractivity contribution in [1.29, 1.82) is 0 Å². The summed E-state index contributed by atoms with van der Waals surface area (Å²) in [6, 6.07) is 14.7. The van der Waals surface area contributed by atoms with Crippen LogP contribution < -0.4 is 0 Å². The molecule has 25 heavy (non-hydrogen) atoms. The van der Waals surface area contributed by atoms with E-state index < -0.39 is 0 Å². The summed E-state index contributed by atoms with van der Waals surface area (Å²) in [5, 5.41) is 0. The van der Waals surface area contributed by atoms with Crippen molar-refractivity contribution in [1.82, 2.24) is 9.55 Å².